The zero-order valence-electron chi connectivity index (χ0n) is 16.9. The average molecular weight is 455 g/mol. The van der Waals surface area contributed by atoms with E-state index in [0.717, 1.165) is 34.3 Å². The van der Waals surface area contributed by atoms with Crippen molar-refractivity contribution in [3.05, 3.63) is 46.9 Å². The molecule has 1 saturated heterocycles. The number of carbonyl (C=O) groups is 2. The average Bonchev–Trinajstić information content (AvgIpc) is 3.33. The van der Waals surface area contributed by atoms with E-state index in [-0.39, 0.29) is 11.8 Å². The molecular formula is C21H22N6O2S2. The molecule has 2 aliphatic rings. The summed E-state index contributed by atoms with van der Waals surface area (Å²) in [6, 6.07) is 7.99. The molecule has 3 aromatic rings. The molecule has 160 valence electrons. The Morgan fingerprint density at radius 3 is 2.55 bits per heavy atom. The Morgan fingerprint density at radius 2 is 1.87 bits per heavy atom. The minimum atomic E-state index is 0.0527. The first-order valence-corrected chi connectivity index (χ1v) is 12.2. The molecule has 8 nitrogen and oxygen atoms in total. The normalized spacial score (nSPS) is 16.5. The second-order valence-electron chi connectivity index (χ2n) is 7.59. The van der Waals surface area contributed by atoms with Gasteiger partial charge in [0.25, 0.3) is 5.91 Å². The van der Waals surface area contributed by atoms with Crippen molar-refractivity contribution in [1.29, 1.82) is 0 Å². The van der Waals surface area contributed by atoms with E-state index in [4.69, 9.17) is 0 Å². The van der Waals surface area contributed by atoms with Crippen LogP contribution in [0.2, 0.25) is 0 Å². The summed E-state index contributed by atoms with van der Waals surface area (Å²) in [6.45, 7) is 2.26. The molecule has 2 fully saturated rings. The molecule has 1 aliphatic carbocycles. The first-order chi connectivity index (χ1) is 15.2. The molecule has 3 aromatic heterocycles. The summed E-state index contributed by atoms with van der Waals surface area (Å²) < 4.78 is 2.15. The summed E-state index contributed by atoms with van der Waals surface area (Å²) in [5, 5.41) is 11.4. The van der Waals surface area contributed by atoms with Crippen molar-refractivity contribution in [2.45, 2.75) is 24.0 Å². The molecule has 1 aliphatic heterocycles. The van der Waals surface area contributed by atoms with E-state index in [1.807, 2.05) is 39.4 Å². The Balaban J connectivity index is 1.19. The maximum absolute atomic E-state index is 12.8. The van der Waals surface area contributed by atoms with Gasteiger partial charge in [0.05, 0.1) is 10.6 Å². The molecular weight excluding hydrogens is 432 g/mol. The summed E-state index contributed by atoms with van der Waals surface area (Å²) in [4.78, 5) is 33.9. The molecule has 10 heteroatoms. The topological polar surface area (TPSA) is 84.2 Å². The summed E-state index contributed by atoms with van der Waals surface area (Å²) in [5.41, 5.74) is 0.937. The van der Waals surface area contributed by atoms with Gasteiger partial charge >= 0.3 is 0 Å². The van der Waals surface area contributed by atoms with Gasteiger partial charge in [-0.05, 0) is 36.4 Å². The van der Waals surface area contributed by atoms with Gasteiger partial charge in [-0.3, -0.25) is 19.1 Å². The third-order valence-electron chi connectivity index (χ3n) is 5.47. The first-order valence-electron chi connectivity index (χ1n) is 10.3. The van der Waals surface area contributed by atoms with Crippen molar-refractivity contribution in [3.63, 3.8) is 0 Å². The standard InChI is InChI=1S/C21H22N6O2S2/c28-18(25-8-10-26(11-9-25)20(29)17-4-2-12-30-17)14-31-21-24-23-19(27(21)16-5-6-16)15-3-1-7-22-13-15/h1-4,7,12-13,16H,5-6,8-11,14H2. The molecule has 1 saturated carbocycles. The molecule has 0 N–H and O–H groups in total. The van der Waals surface area contributed by atoms with E-state index in [1.165, 1.54) is 23.1 Å². The van der Waals surface area contributed by atoms with Gasteiger partial charge < -0.3 is 9.80 Å². The highest BCUT2D eigenvalue weighted by Crippen LogP contribution is 2.40. The Kier molecular flexibility index (Phi) is 5.73. The van der Waals surface area contributed by atoms with Crippen LogP contribution in [-0.2, 0) is 4.79 Å². The van der Waals surface area contributed by atoms with Gasteiger partial charge in [-0.25, -0.2) is 0 Å². The third-order valence-corrected chi connectivity index (χ3v) is 7.26. The third kappa shape index (κ3) is 4.35. The first kappa shape index (κ1) is 20.2. The minimum absolute atomic E-state index is 0.0527. The number of nitrogens with zero attached hydrogens (tertiary/aromatic N) is 6. The van der Waals surface area contributed by atoms with Gasteiger partial charge in [-0.15, -0.1) is 21.5 Å². The van der Waals surface area contributed by atoms with Crippen molar-refractivity contribution in [1.82, 2.24) is 29.5 Å². The fraction of sp³-hybridized carbons (Fsp3) is 0.381. The molecule has 0 bridgehead atoms. The van der Waals surface area contributed by atoms with Gasteiger partial charge in [0.15, 0.2) is 11.0 Å². The van der Waals surface area contributed by atoms with Crippen LogP contribution in [0, 0.1) is 0 Å². The molecule has 0 unspecified atom stereocenters. The molecule has 0 aromatic carbocycles. The van der Waals surface area contributed by atoms with Gasteiger partial charge in [-0.1, -0.05) is 17.8 Å². The second kappa shape index (κ2) is 8.80. The van der Waals surface area contributed by atoms with Crippen LogP contribution in [0.25, 0.3) is 11.4 Å². The van der Waals surface area contributed by atoms with Crippen molar-refractivity contribution in [2.75, 3.05) is 31.9 Å². The number of thioether (sulfide) groups is 1. The van der Waals surface area contributed by atoms with Crippen LogP contribution in [0.15, 0.2) is 47.2 Å². The Morgan fingerprint density at radius 1 is 1.06 bits per heavy atom. The molecule has 31 heavy (non-hydrogen) atoms. The predicted molar refractivity (Wildman–Crippen MR) is 119 cm³/mol. The number of pyridine rings is 1. The fourth-order valence-corrected chi connectivity index (χ4v) is 5.26. The molecule has 5 rings (SSSR count). The highest BCUT2D eigenvalue weighted by molar-refractivity contribution is 7.99. The van der Waals surface area contributed by atoms with Crippen LogP contribution in [0.4, 0.5) is 0 Å². The highest BCUT2D eigenvalue weighted by atomic mass is 32.2. The molecule has 0 radical (unpaired) electrons. The lowest BCUT2D eigenvalue weighted by atomic mass is 10.3. The number of hydrogen-bond donors (Lipinski definition) is 0. The smallest absolute Gasteiger partial charge is 0.264 e. The van der Waals surface area contributed by atoms with E-state index < -0.39 is 0 Å². The van der Waals surface area contributed by atoms with E-state index in [9.17, 15) is 9.59 Å². The number of carbonyl (C=O) groups excluding carboxylic acids is 2. The van der Waals surface area contributed by atoms with Crippen molar-refractivity contribution >= 4 is 34.9 Å². The number of rotatable bonds is 6. The maximum Gasteiger partial charge on any atom is 0.264 e. The summed E-state index contributed by atoms with van der Waals surface area (Å²) in [5.74, 6) is 1.25. The maximum atomic E-state index is 12.8. The van der Waals surface area contributed by atoms with Gasteiger partial charge in [-0.2, -0.15) is 0 Å². The van der Waals surface area contributed by atoms with Crippen LogP contribution in [0.5, 0.6) is 0 Å². The lowest BCUT2D eigenvalue weighted by molar-refractivity contribution is -0.129. The zero-order valence-corrected chi connectivity index (χ0v) is 18.5. The van der Waals surface area contributed by atoms with E-state index in [0.29, 0.717) is 38.0 Å². The quantitative estimate of drug-likeness (QED) is 0.533. The molecule has 0 atom stereocenters. The summed E-state index contributed by atoms with van der Waals surface area (Å²) >= 11 is 2.89. The Hall–Kier alpha value is -2.72. The van der Waals surface area contributed by atoms with Crippen LogP contribution < -0.4 is 0 Å². The van der Waals surface area contributed by atoms with Crippen LogP contribution >= 0.6 is 23.1 Å². The Labute approximate surface area is 188 Å². The number of piperazine rings is 1. The van der Waals surface area contributed by atoms with Gasteiger partial charge in [0.1, 0.15) is 0 Å². The van der Waals surface area contributed by atoms with E-state index in [2.05, 4.69) is 19.7 Å². The minimum Gasteiger partial charge on any atom is -0.338 e. The number of thiophene rings is 1. The molecule has 4 heterocycles. The second-order valence-corrected chi connectivity index (χ2v) is 9.48. The van der Waals surface area contributed by atoms with Crippen molar-refractivity contribution in [3.8, 4) is 11.4 Å². The summed E-state index contributed by atoms with van der Waals surface area (Å²) in [7, 11) is 0. The highest BCUT2D eigenvalue weighted by Gasteiger charge is 2.31. The number of hydrogen-bond acceptors (Lipinski definition) is 7. The SMILES string of the molecule is O=C(CSc1nnc(-c2cccnc2)n1C1CC1)N1CCN(C(=O)c2cccs2)CC1. The van der Waals surface area contributed by atoms with Crippen LogP contribution in [0.3, 0.4) is 0 Å². The lowest BCUT2D eigenvalue weighted by Crippen LogP contribution is -2.51. The zero-order chi connectivity index (χ0) is 21.2. The lowest BCUT2D eigenvalue weighted by Gasteiger charge is -2.34. The summed E-state index contributed by atoms with van der Waals surface area (Å²) in [6.07, 6.45) is 5.74. The Bertz CT molecular complexity index is 1060. The van der Waals surface area contributed by atoms with Crippen molar-refractivity contribution in [2.24, 2.45) is 0 Å². The van der Waals surface area contributed by atoms with E-state index >= 15 is 0 Å². The monoisotopic (exact) mass is 454 g/mol. The van der Waals surface area contributed by atoms with Gasteiger partial charge in [0.2, 0.25) is 5.91 Å². The fourth-order valence-electron chi connectivity index (χ4n) is 3.66. The van der Waals surface area contributed by atoms with Crippen molar-refractivity contribution < 1.29 is 9.59 Å². The predicted octanol–water partition coefficient (Wildman–Crippen LogP) is 2.81. The van der Waals surface area contributed by atoms with E-state index in [1.54, 1.807) is 12.4 Å². The number of amides is 2. The molecule has 0 spiro atoms. The van der Waals surface area contributed by atoms with Crippen LogP contribution in [-0.4, -0.2) is 73.3 Å². The number of aromatic nitrogens is 4. The largest absolute Gasteiger partial charge is 0.338 e. The van der Waals surface area contributed by atoms with Crippen LogP contribution in [0.1, 0.15) is 28.6 Å². The molecule has 2 amide bonds. The van der Waals surface area contributed by atoms with Gasteiger partial charge in [0, 0.05) is 50.2 Å².